The lowest BCUT2D eigenvalue weighted by molar-refractivity contribution is -0.140. The molecular formula is C22H24FN3O4. The number of benzene rings is 1. The Morgan fingerprint density at radius 3 is 2.73 bits per heavy atom. The van der Waals surface area contributed by atoms with E-state index in [0.29, 0.717) is 43.3 Å². The molecule has 2 aliphatic rings. The lowest BCUT2D eigenvalue weighted by Crippen LogP contribution is -2.55. The van der Waals surface area contributed by atoms with Crippen molar-refractivity contribution in [2.75, 3.05) is 38.3 Å². The molecule has 0 N–H and O–H groups in total. The number of amides is 2. The number of rotatable bonds is 3. The molecule has 2 aliphatic heterocycles. The van der Waals surface area contributed by atoms with E-state index in [4.69, 9.17) is 9.47 Å². The molecule has 2 fully saturated rings. The number of aromatic nitrogens is 1. The van der Waals surface area contributed by atoms with Gasteiger partial charge < -0.3 is 19.3 Å². The van der Waals surface area contributed by atoms with Crippen LogP contribution in [-0.4, -0.2) is 60.7 Å². The molecule has 0 bridgehead atoms. The first-order valence-electron chi connectivity index (χ1n) is 10.00. The highest BCUT2D eigenvalue weighted by molar-refractivity contribution is 5.95. The Bertz CT molecular complexity index is 936. The molecule has 1 atom stereocenters. The average molecular weight is 413 g/mol. The minimum Gasteiger partial charge on any atom is -0.481 e. The third-order valence-corrected chi connectivity index (χ3v) is 5.72. The Morgan fingerprint density at radius 2 is 1.97 bits per heavy atom. The van der Waals surface area contributed by atoms with Crippen LogP contribution in [0.2, 0.25) is 0 Å². The smallest absolute Gasteiger partial charge is 0.272 e. The summed E-state index contributed by atoms with van der Waals surface area (Å²) in [5.74, 6) is -0.238. The Hall–Kier alpha value is -3.00. The lowest BCUT2D eigenvalue weighted by atomic mass is 9.92. The molecular weight excluding hydrogens is 389 g/mol. The zero-order valence-electron chi connectivity index (χ0n) is 16.8. The first-order valence-corrected chi connectivity index (χ1v) is 10.00. The van der Waals surface area contributed by atoms with Crippen molar-refractivity contribution in [1.29, 1.82) is 0 Å². The maximum Gasteiger partial charge on any atom is 0.272 e. The van der Waals surface area contributed by atoms with Crippen LogP contribution in [0.4, 0.5) is 10.1 Å². The predicted octanol–water partition coefficient (Wildman–Crippen LogP) is 2.66. The van der Waals surface area contributed by atoms with Crippen molar-refractivity contribution >= 4 is 17.5 Å². The fourth-order valence-electron chi connectivity index (χ4n) is 4.05. The maximum absolute atomic E-state index is 13.3. The van der Waals surface area contributed by atoms with E-state index < -0.39 is 5.60 Å². The molecule has 1 spiro atoms. The van der Waals surface area contributed by atoms with Gasteiger partial charge in [-0.05, 0) is 49.6 Å². The van der Waals surface area contributed by atoms with Crippen molar-refractivity contribution in [1.82, 2.24) is 9.88 Å². The highest BCUT2D eigenvalue weighted by Crippen LogP contribution is 2.33. The molecule has 2 amide bonds. The van der Waals surface area contributed by atoms with Gasteiger partial charge >= 0.3 is 0 Å². The largest absolute Gasteiger partial charge is 0.481 e. The lowest BCUT2D eigenvalue weighted by Gasteiger charge is -2.42. The SMILES string of the molecule is COc1cccc(C(=O)N2CCCC3(CC2)CN(c2ccc(F)cc2)C(=O)CO3)n1. The summed E-state index contributed by atoms with van der Waals surface area (Å²) in [6.07, 6.45) is 2.09. The van der Waals surface area contributed by atoms with E-state index in [2.05, 4.69) is 4.98 Å². The van der Waals surface area contributed by atoms with Gasteiger partial charge in [-0.2, -0.15) is 0 Å². The number of carbonyl (C=O) groups excluding carboxylic acids is 2. The summed E-state index contributed by atoms with van der Waals surface area (Å²) >= 11 is 0. The van der Waals surface area contributed by atoms with Crippen molar-refractivity contribution in [2.45, 2.75) is 24.9 Å². The number of ether oxygens (including phenoxy) is 2. The molecule has 30 heavy (non-hydrogen) atoms. The fourth-order valence-corrected chi connectivity index (χ4v) is 4.05. The molecule has 1 unspecified atom stereocenters. The Balaban J connectivity index is 1.48. The van der Waals surface area contributed by atoms with Crippen LogP contribution in [0.1, 0.15) is 29.8 Å². The van der Waals surface area contributed by atoms with Gasteiger partial charge in [0.05, 0.1) is 19.3 Å². The fraction of sp³-hybridized carbons (Fsp3) is 0.409. The molecule has 2 aromatic rings. The molecule has 2 saturated heterocycles. The second-order valence-corrected chi connectivity index (χ2v) is 7.64. The maximum atomic E-state index is 13.3. The minimum atomic E-state index is -0.529. The second kappa shape index (κ2) is 8.39. The van der Waals surface area contributed by atoms with E-state index in [1.165, 1.54) is 19.2 Å². The normalized spacial score (nSPS) is 22.1. The first kappa shape index (κ1) is 20.3. The topological polar surface area (TPSA) is 72.0 Å². The molecule has 1 aromatic carbocycles. The molecule has 158 valence electrons. The minimum absolute atomic E-state index is 0.0250. The molecule has 0 aliphatic carbocycles. The van der Waals surface area contributed by atoms with Crippen LogP contribution in [0.25, 0.3) is 0 Å². The Morgan fingerprint density at radius 1 is 1.17 bits per heavy atom. The van der Waals surface area contributed by atoms with E-state index in [-0.39, 0.29) is 24.2 Å². The highest BCUT2D eigenvalue weighted by atomic mass is 19.1. The van der Waals surface area contributed by atoms with Gasteiger partial charge in [0, 0.05) is 24.8 Å². The molecule has 3 heterocycles. The third-order valence-electron chi connectivity index (χ3n) is 5.72. The van der Waals surface area contributed by atoms with E-state index in [9.17, 15) is 14.0 Å². The monoisotopic (exact) mass is 413 g/mol. The van der Waals surface area contributed by atoms with Gasteiger partial charge in [-0.15, -0.1) is 0 Å². The van der Waals surface area contributed by atoms with Crippen molar-refractivity contribution in [3.05, 3.63) is 54.0 Å². The van der Waals surface area contributed by atoms with Gasteiger partial charge in [0.15, 0.2) is 0 Å². The number of nitrogens with zero attached hydrogens (tertiary/aromatic N) is 3. The third kappa shape index (κ3) is 4.14. The molecule has 0 saturated carbocycles. The van der Waals surface area contributed by atoms with Crippen molar-refractivity contribution < 1.29 is 23.5 Å². The quantitative estimate of drug-likeness (QED) is 0.774. The van der Waals surface area contributed by atoms with Crippen LogP contribution in [-0.2, 0) is 9.53 Å². The van der Waals surface area contributed by atoms with Gasteiger partial charge in [-0.25, -0.2) is 9.37 Å². The summed E-state index contributed by atoms with van der Waals surface area (Å²) in [6, 6.07) is 11.0. The summed E-state index contributed by atoms with van der Waals surface area (Å²) in [5.41, 5.74) is 0.471. The van der Waals surface area contributed by atoms with Gasteiger partial charge in [-0.3, -0.25) is 9.59 Å². The van der Waals surface area contributed by atoms with Crippen LogP contribution < -0.4 is 9.64 Å². The van der Waals surface area contributed by atoms with Gasteiger partial charge in [0.1, 0.15) is 18.1 Å². The van der Waals surface area contributed by atoms with E-state index in [0.717, 1.165) is 12.8 Å². The highest BCUT2D eigenvalue weighted by Gasteiger charge is 2.42. The summed E-state index contributed by atoms with van der Waals surface area (Å²) in [4.78, 5) is 33.0. The van der Waals surface area contributed by atoms with Crippen molar-refractivity contribution in [3.63, 3.8) is 0 Å². The summed E-state index contributed by atoms with van der Waals surface area (Å²) in [6.45, 7) is 1.45. The Kier molecular flexibility index (Phi) is 5.67. The van der Waals surface area contributed by atoms with E-state index in [1.807, 2.05) is 0 Å². The molecule has 1 aromatic heterocycles. The predicted molar refractivity (Wildman–Crippen MR) is 108 cm³/mol. The summed E-state index contributed by atoms with van der Waals surface area (Å²) < 4.78 is 24.4. The van der Waals surface area contributed by atoms with Gasteiger partial charge in [0.25, 0.3) is 11.8 Å². The molecule has 8 heteroatoms. The number of halogens is 1. The number of pyridine rings is 1. The molecule has 4 rings (SSSR count). The van der Waals surface area contributed by atoms with E-state index >= 15 is 0 Å². The van der Waals surface area contributed by atoms with Crippen LogP contribution >= 0.6 is 0 Å². The van der Waals surface area contributed by atoms with Crippen molar-refractivity contribution in [2.24, 2.45) is 0 Å². The van der Waals surface area contributed by atoms with Crippen LogP contribution in [0.3, 0.4) is 0 Å². The van der Waals surface area contributed by atoms with Crippen LogP contribution in [0, 0.1) is 5.82 Å². The second-order valence-electron chi connectivity index (χ2n) is 7.64. The molecule has 7 nitrogen and oxygen atoms in total. The van der Waals surface area contributed by atoms with Crippen LogP contribution in [0.15, 0.2) is 42.5 Å². The molecule has 0 radical (unpaired) electrons. The number of carbonyl (C=O) groups is 2. The van der Waals surface area contributed by atoms with Gasteiger partial charge in [-0.1, -0.05) is 6.07 Å². The number of hydrogen-bond acceptors (Lipinski definition) is 5. The van der Waals surface area contributed by atoms with Crippen molar-refractivity contribution in [3.8, 4) is 5.88 Å². The standard InChI is InChI=1S/C22H24FN3O4/c1-29-19-5-2-4-18(24-19)21(28)25-12-3-10-22(11-13-25)15-26(20(27)14-30-22)17-8-6-16(23)7-9-17/h2,4-9H,3,10-15H2,1H3. The van der Waals surface area contributed by atoms with E-state index in [1.54, 1.807) is 40.1 Å². The van der Waals surface area contributed by atoms with Gasteiger partial charge in [0.2, 0.25) is 5.88 Å². The summed E-state index contributed by atoms with van der Waals surface area (Å²) in [5, 5.41) is 0. The first-order chi connectivity index (χ1) is 14.5. The Labute approximate surface area is 174 Å². The number of morpholine rings is 1. The number of likely N-dealkylation sites (tertiary alicyclic amines) is 1. The summed E-state index contributed by atoms with van der Waals surface area (Å²) in [7, 11) is 1.51. The number of anilines is 1. The van der Waals surface area contributed by atoms with Crippen LogP contribution in [0.5, 0.6) is 5.88 Å². The zero-order chi connectivity index (χ0) is 21.1. The number of methoxy groups -OCH3 is 1. The average Bonchev–Trinajstić information content (AvgIpc) is 2.98. The number of hydrogen-bond donors (Lipinski definition) is 0. The zero-order valence-corrected chi connectivity index (χ0v) is 16.8.